The molecule has 7 heteroatoms. The number of nitrogens with zero attached hydrogens (tertiary/aromatic N) is 1. The molecule has 3 rings (SSSR count). The topological polar surface area (TPSA) is 96.3 Å². The molecule has 2 aromatic carbocycles. The Morgan fingerprint density at radius 1 is 1.08 bits per heavy atom. The smallest absolute Gasteiger partial charge is 0.313 e. The summed E-state index contributed by atoms with van der Waals surface area (Å²) in [5.41, 5.74) is 0.898. The highest BCUT2D eigenvalue weighted by atomic mass is 16.5. The van der Waals surface area contributed by atoms with Crippen molar-refractivity contribution in [3.05, 3.63) is 59.2 Å². The number of hydrogen-bond acceptors (Lipinski definition) is 5. The minimum absolute atomic E-state index is 0.168. The highest BCUT2D eigenvalue weighted by molar-refractivity contribution is 5.99. The van der Waals surface area contributed by atoms with E-state index >= 15 is 0 Å². The Morgan fingerprint density at radius 3 is 2.44 bits per heavy atom. The van der Waals surface area contributed by atoms with Gasteiger partial charge in [0.2, 0.25) is 0 Å². The fourth-order valence-corrected chi connectivity index (χ4v) is 3.17. The van der Waals surface area contributed by atoms with Gasteiger partial charge in [0, 0.05) is 17.2 Å². The average Bonchev–Trinajstić information content (AvgIpc) is 2.63. The molecule has 2 aromatic rings. The van der Waals surface area contributed by atoms with Gasteiger partial charge in [-0.3, -0.25) is 14.8 Å². The second-order valence-corrected chi connectivity index (χ2v) is 5.61. The van der Waals surface area contributed by atoms with Gasteiger partial charge in [-0.25, -0.2) is 5.06 Å². The second kappa shape index (κ2) is 6.45. The normalized spacial score (nSPS) is 19.3. The van der Waals surface area contributed by atoms with Crippen molar-refractivity contribution in [1.82, 2.24) is 5.06 Å². The third kappa shape index (κ3) is 2.68. The summed E-state index contributed by atoms with van der Waals surface area (Å²) >= 11 is 0. The van der Waals surface area contributed by atoms with Gasteiger partial charge >= 0.3 is 5.97 Å². The van der Waals surface area contributed by atoms with E-state index < -0.39 is 23.8 Å². The summed E-state index contributed by atoms with van der Waals surface area (Å²) in [6.45, 7) is 0. The molecule has 0 saturated heterocycles. The van der Waals surface area contributed by atoms with Crippen molar-refractivity contribution in [2.75, 3.05) is 14.2 Å². The summed E-state index contributed by atoms with van der Waals surface area (Å²) in [5.74, 6) is -2.11. The average molecular weight is 343 g/mol. The number of carboxylic acids is 1. The van der Waals surface area contributed by atoms with E-state index in [0.717, 1.165) is 0 Å². The van der Waals surface area contributed by atoms with Crippen LogP contribution in [0.1, 0.15) is 33.4 Å². The summed E-state index contributed by atoms with van der Waals surface area (Å²) in [6.07, 6.45) is 0. The zero-order chi connectivity index (χ0) is 18.1. The first-order chi connectivity index (χ1) is 12.0. The van der Waals surface area contributed by atoms with Crippen LogP contribution in [0.3, 0.4) is 0 Å². The lowest BCUT2D eigenvalue weighted by Gasteiger charge is -2.37. The lowest BCUT2D eigenvalue weighted by molar-refractivity contribution is -0.149. The van der Waals surface area contributed by atoms with Crippen LogP contribution in [0.2, 0.25) is 0 Å². The summed E-state index contributed by atoms with van der Waals surface area (Å²) in [5, 5.41) is 20.7. The Morgan fingerprint density at radius 2 is 1.80 bits per heavy atom. The predicted molar refractivity (Wildman–Crippen MR) is 87.1 cm³/mol. The Balaban J connectivity index is 2.21. The standard InChI is InChI=1S/C18H17NO6/c1-24-10-7-8-13(14(9-10)25-2)16-15(18(21)22)11-5-3-4-6-12(11)17(20)19(16)23/h3-9,15-16,23H,1-2H3,(H,21,22)/t15-,16+/m0/s1. The zero-order valence-corrected chi connectivity index (χ0v) is 13.7. The third-order valence-electron chi connectivity index (χ3n) is 4.34. The molecule has 7 nitrogen and oxygen atoms in total. The molecule has 130 valence electrons. The molecule has 2 atom stereocenters. The molecule has 2 N–H and O–H groups in total. The molecule has 0 spiro atoms. The van der Waals surface area contributed by atoms with Crippen LogP contribution in [0, 0.1) is 0 Å². The third-order valence-corrected chi connectivity index (χ3v) is 4.34. The maximum Gasteiger partial charge on any atom is 0.313 e. The fourth-order valence-electron chi connectivity index (χ4n) is 3.17. The molecule has 0 fully saturated rings. The number of hydroxylamine groups is 2. The maximum atomic E-state index is 12.5. The van der Waals surface area contributed by atoms with E-state index in [4.69, 9.17) is 9.47 Å². The Bertz CT molecular complexity index is 834. The fraction of sp³-hybridized carbons (Fsp3) is 0.222. The van der Waals surface area contributed by atoms with Crippen LogP contribution < -0.4 is 9.47 Å². The van der Waals surface area contributed by atoms with E-state index in [0.29, 0.717) is 27.7 Å². The van der Waals surface area contributed by atoms with E-state index in [1.54, 1.807) is 36.4 Å². The minimum atomic E-state index is -1.15. The summed E-state index contributed by atoms with van der Waals surface area (Å²) < 4.78 is 10.5. The highest BCUT2D eigenvalue weighted by Crippen LogP contribution is 2.45. The Labute approximate surface area is 144 Å². The number of ether oxygens (including phenoxy) is 2. The van der Waals surface area contributed by atoms with Gasteiger partial charge in [-0.1, -0.05) is 18.2 Å². The van der Waals surface area contributed by atoms with Crippen molar-refractivity contribution in [2.45, 2.75) is 12.0 Å². The molecule has 1 aliphatic rings. The molecule has 0 unspecified atom stereocenters. The van der Waals surface area contributed by atoms with Crippen LogP contribution in [0.15, 0.2) is 42.5 Å². The summed E-state index contributed by atoms with van der Waals surface area (Å²) in [4.78, 5) is 24.5. The first kappa shape index (κ1) is 16.8. The van der Waals surface area contributed by atoms with Gasteiger partial charge in [0.1, 0.15) is 23.5 Å². The number of carbonyl (C=O) groups is 2. The lowest BCUT2D eigenvalue weighted by Crippen LogP contribution is -2.43. The van der Waals surface area contributed by atoms with Crippen LogP contribution in [-0.2, 0) is 4.79 Å². The number of methoxy groups -OCH3 is 2. The predicted octanol–water partition coefficient (Wildman–Crippen LogP) is 2.46. The Hall–Kier alpha value is -3.06. The van der Waals surface area contributed by atoms with Gasteiger partial charge < -0.3 is 14.6 Å². The first-order valence-corrected chi connectivity index (χ1v) is 7.55. The molecule has 1 amide bonds. The molecule has 0 aliphatic carbocycles. The van der Waals surface area contributed by atoms with E-state index in [1.807, 2.05) is 0 Å². The maximum absolute atomic E-state index is 12.5. The molecule has 1 aliphatic heterocycles. The van der Waals surface area contributed by atoms with E-state index in [1.165, 1.54) is 20.3 Å². The summed E-state index contributed by atoms with van der Waals surface area (Å²) in [6, 6.07) is 10.0. The van der Waals surface area contributed by atoms with Gasteiger partial charge in [-0.15, -0.1) is 0 Å². The highest BCUT2D eigenvalue weighted by Gasteiger charge is 2.45. The van der Waals surface area contributed by atoms with Gasteiger partial charge in [-0.05, 0) is 23.8 Å². The number of carboxylic acid groups (broad SMARTS) is 1. The van der Waals surface area contributed by atoms with Gasteiger partial charge in [-0.2, -0.15) is 0 Å². The SMILES string of the molecule is COc1ccc([C@@H]2[C@@H](C(=O)O)c3ccccc3C(=O)N2O)c(OC)c1. The van der Waals surface area contributed by atoms with E-state index in [9.17, 15) is 19.9 Å². The number of fused-ring (bicyclic) bond motifs is 1. The zero-order valence-electron chi connectivity index (χ0n) is 13.7. The molecular formula is C18H17NO6. The number of rotatable bonds is 4. The molecule has 0 bridgehead atoms. The number of benzene rings is 2. The van der Waals surface area contributed by atoms with Crippen LogP contribution in [0.4, 0.5) is 0 Å². The van der Waals surface area contributed by atoms with Gasteiger partial charge in [0.05, 0.1) is 14.2 Å². The van der Waals surface area contributed by atoms with Crippen LogP contribution in [-0.4, -0.2) is 41.5 Å². The van der Waals surface area contributed by atoms with Crippen molar-refractivity contribution in [2.24, 2.45) is 0 Å². The minimum Gasteiger partial charge on any atom is -0.497 e. The lowest BCUT2D eigenvalue weighted by atomic mass is 9.80. The largest absolute Gasteiger partial charge is 0.497 e. The van der Waals surface area contributed by atoms with Crippen LogP contribution in [0.5, 0.6) is 11.5 Å². The number of amides is 1. The molecular weight excluding hydrogens is 326 g/mol. The molecule has 0 radical (unpaired) electrons. The van der Waals surface area contributed by atoms with Crippen molar-refractivity contribution < 1.29 is 29.4 Å². The molecule has 1 heterocycles. The number of hydrogen-bond donors (Lipinski definition) is 2. The van der Waals surface area contributed by atoms with Crippen molar-refractivity contribution in [3.8, 4) is 11.5 Å². The molecule has 0 saturated carbocycles. The van der Waals surface area contributed by atoms with Crippen LogP contribution >= 0.6 is 0 Å². The number of aliphatic carboxylic acids is 1. The van der Waals surface area contributed by atoms with Crippen LogP contribution in [0.25, 0.3) is 0 Å². The van der Waals surface area contributed by atoms with Crippen molar-refractivity contribution in [1.29, 1.82) is 0 Å². The van der Waals surface area contributed by atoms with E-state index in [-0.39, 0.29) is 5.56 Å². The van der Waals surface area contributed by atoms with Gasteiger partial charge in [0.15, 0.2) is 0 Å². The summed E-state index contributed by atoms with van der Waals surface area (Å²) in [7, 11) is 2.92. The second-order valence-electron chi connectivity index (χ2n) is 5.61. The monoisotopic (exact) mass is 343 g/mol. The van der Waals surface area contributed by atoms with Crippen molar-refractivity contribution >= 4 is 11.9 Å². The quantitative estimate of drug-likeness (QED) is 0.828. The van der Waals surface area contributed by atoms with E-state index in [2.05, 4.69) is 0 Å². The molecule has 0 aromatic heterocycles. The first-order valence-electron chi connectivity index (χ1n) is 7.55. The van der Waals surface area contributed by atoms with Crippen molar-refractivity contribution in [3.63, 3.8) is 0 Å². The Kier molecular flexibility index (Phi) is 4.33. The molecule has 25 heavy (non-hydrogen) atoms. The van der Waals surface area contributed by atoms with Gasteiger partial charge in [0.25, 0.3) is 5.91 Å². The number of carbonyl (C=O) groups excluding carboxylic acids is 1.